The second-order valence-corrected chi connectivity index (χ2v) is 7.84. The summed E-state index contributed by atoms with van der Waals surface area (Å²) >= 11 is 1.49. The van der Waals surface area contributed by atoms with E-state index in [1.807, 2.05) is 20.6 Å². The van der Waals surface area contributed by atoms with Gasteiger partial charge in [0.2, 0.25) is 11.8 Å². The van der Waals surface area contributed by atoms with Crippen molar-refractivity contribution in [1.29, 1.82) is 0 Å². The number of thiophene rings is 1. The Balaban J connectivity index is 1.32. The van der Waals surface area contributed by atoms with Crippen LogP contribution < -0.4 is 5.32 Å². The molecule has 1 N–H and O–H groups in total. The van der Waals surface area contributed by atoms with Crippen molar-refractivity contribution in [2.24, 2.45) is 5.92 Å². The van der Waals surface area contributed by atoms with Gasteiger partial charge < -0.3 is 15.1 Å². The normalized spacial score (nSPS) is 18.2. The molecule has 1 aromatic rings. The van der Waals surface area contributed by atoms with Crippen LogP contribution >= 0.6 is 11.3 Å². The SMILES string of the molecule is O=C(NCCCC(=O)N1CCN(C(=O)C2CCCC2)CC1)c1ccsc1. The van der Waals surface area contributed by atoms with E-state index >= 15 is 0 Å². The molecule has 0 bridgehead atoms. The van der Waals surface area contributed by atoms with Crippen molar-refractivity contribution in [2.75, 3.05) is 32.7 Å². The van der Waals surface area contributed by atoms with Crippen molar-refractivity contribution in [3.63, 3.8) is 0 Å². The molecule has 1 saturated carbocycles. The molecule has 6 nitrogen and oxygen atoms in total. The van der Waals surface area contributed by atoms with Crippen molar-refractivity contribution < 1.29 is 14.4 Å². The van der Waals surface area contributed by atoms with E-state index in [1.165, 1.54) is 11.3 Å². The number of carbonyl (C=O) groups excluding carboxylic acids is 3. The summed E-state index contributed by atoms with van der Waals surface area (Å²) in [5, 5.41) is 6.52. The van der Waals surface area contributed by atoms with E-state index in [0.29, 0.717) is 51.1 Å². The summed E-state index contributed by atoms with van der Waals surface area (Å²) < 4.78 is 0. The van der Waals surface area contributed by atoms with Gasteiger partial charge in [-0.2, -0.15) is 11.3 Å². The number of nitrogens with one attached hydrogen (secondary N) is 1. The van der Waals surface area contributed by atoms with Gasteiger partial charge in [0.25, 0.3) is 5.91 Å². The number of nitrogens with zero attached hydrogens (tertiary/aromatic N) is 2. The van der Waals surface area contributed by atoms with Crippen LogP contribution in [0.3, 0.4) is 0 Å². The highest BCUT2D eigenvalue weighted by Crippen LogP contribution is 2.26. The molecule has 2 heterocycles. The van der Waals surface area contributed by atoms with Crippen molar-refractivity contribution in [3.05, 3.63) is 22.4 Å². The minimum absolute atomic E-state index is 0.0854. The quantitative estimate of drug-likeness (QED) is 0.772. The maximum absolute atomic E-state index is 12.4. The molecule has 0 unspecified atom stereocenters. The largest absolute Gasteiger partial charge is 0.352 e. The summed E-state index contributed by atoms with van der Waals surface area (Å²) in [5.74, 6) is 0.523. The molecule has 7 heteroatoms. The van der Waals surface area contributed by atoms with E-state index in [0.717, 1.165) is 25.7 Å². The maximum atomic E-state index is 12.4. The van der Waals surface area contributed by atoms with Crippen LogP contribution in [0.15, 0.2) is 16.8 Å². The van der Waals surface area contributed by atoms with Crippen LogP contribution in [0.2, 0.25) is 0 Å². The number of hydrogen-bond acceptors (Lipinski definition) is 4. The highest BCUT2D eigenvalue weighted by molar-refractivity contribution is 7.08. The summed E-state index contributed by atoms with van der Waals surface area (Å²) in [6.45, 7) is 3.05. The van der Waals surface area contributed by atoms with E-state index in [9.17, 15) is 14.4 Å². The average molecular weight is 378 g/mol. The van der Waals surface area contributed by atoms with Crippen molar-refractivity contribution in [2.45, 2.75) is 38.5 Å². The molecule has 26 heavy (non-hydrogen) atoms. The van der Waals surface area contributed by atoms with Crippen molar-refractivity contribution >= 4 is 29.1 Å². The lowest BCUT2D eigenvalue weighted by atomic mass is 10.1. The molecule has 1 aromatic heterocycles. The predicted molar refractivity (Wildman–Crippen MR) is 101 cm³/mol. The third-order valence-electron chi connectivity index (χ3n) is 5.28. The summed E-state index contributed by atoms with van der Waals surface area (Å²) in [4.78, 5) is 40.3. The van der Waals surface area contributed by atoms with Crippen LogP contribution in [0, 0.1) is 5.92 Å². The highest BCUT2D eigenvalue weighted by Gasteiger charge is 2.30. The van der Waals surface area contributed by atoms with Gasteiger partial charge in [-0.3, -0.25) is 14.4 Å². The number of carbonyl (C=O) groups is 3. The van der Waals surface area contributed by atoms with Crippen LogP contribution in [0.25, 0.3) is 0 Å². The molecule has 3 amide bonds. The molecule has 0 atom stereocenters. The molecular formula is C19H27N3O3S. The molecular weight excluding hydrogens is 350 g/mol. The molecule has 2 fully saturated rings. The fourth-order valence-electron chi connectivity index (χ4n) is 3.70. The van der Waals surface area contributed by atoms with Crippen LogP contribution in [0.5, 0.6) is 0 Å². The first-order chi connectivity index (χ1) is 12.6. The van der Waals surface area contributed by atoms with Gasteiger partial charge in [-0.15, -0.1) is 0 Å². The van der Waals surface area contributed by atoms with Gasteiger partial charge >= 0.3 is 0 Å². The predicted octanol–water partition coefficient (Wildman–Crippen LogP) is 2.12. The topological polar surface area (TPSA) is 69.7 Å². The Hall–Kier alpha value is -1.89. The van der Waals surface area contributed by atoms with Gasteiger partial charge in [-0.1, -0.05) is 12.8 Å². The fraction of sp³-hybridized carbons (Fsp3) is 0.632. The Labute approximate surface area is 158 Å². The van der Waals surface area contributed by atoms with Gasteiger partial charge in [0.1, 0.15) is 0 Å². The molecule has 1 saturated heterocycles. The highest BCUT2D eigenvalue weighted by atomic mass is 32.1. The Bertz CT molecular complexity index is 618. The van der Waals surface area contributed by atoms with Crippen LogP contribution in [-0.4, -0.2) is 60.2 Å². The number of hydrogen-bond donors (Lipinski definition) is 1. The van der Waals surface area contributed by atoms with Crippen LogP contribution in [0.1, 0.15) is 48.9 Å². The standard InChI is InChI=1S/C19H27N3O3S/c23-17(6-3-8-20-18(24)16-7-13-26-14-16)21-9-11-22(12-10-21)19(25)15-4-1-2-5-15/h7,13-15H,1-6,8-12H2,(H,20,24). The lowest BCUT2D eigenvalue weighted by Crippen LogP contribution is -2.51. The summed E-state index contributed by atoms with van der Waals surface area (Å²) in [6, 6.07) is 1.79. The average Bonchev–Trinajstić information content (AvgIpc) is 3.38. The smallest absolute Gasteiger partial charge is 0.252 e. The van der Waals surface area contributed by atoms with Gasteiger partial charge in [0.15, 0.2) is 0 Å². The number of piperazine rings is 1. The Kier molecular flexibility index (Phi) is 6.66. The Morgan fingerprint density at radius 1 is 1.08 bits per heavy atom. The number of rotatable bonds is 6. The second kappa shape index (κ2) is 9.16. The molecule has 0 spiro atoms. The van der Waals surface area contributed by atoms with Gasteiger partial charge in [-0.05, 0) is 30.7 Å². The van der Waals surface area contributed by atoms with E-state index in [2.05, 4.69) is 5.32 Å². The summed E-state index contributed by atoms with van der Waals surface area (Å²) in [5.41, 5.74) is 0.671. The van der Waals surface area contributed by atoms with Gasteiger partial charge in [0, 0.05) is 56.0 Å². The van der Waals surface area contributed by atoms with Crippen LogP contribution in [-0.2, 0) is 9.59 Å². The van der Waals surface area contributed by atoms with E-state index in [4.69, 9.17) is 0 Å². The Morgan fingerprint density at radius 2 is 1.77 bits per heavy atom. The van der Waals surface area contributed by atoms with Gasteiger partial charge in [0.05, 0.1) is 0 Å². The van der Waals surface area contributed by atoms with E-state index in [-0.39, 0.29) is 23.6 Å². The minimum atomic E-state index is -0.0854. The molecule has 0 radical (unpaired) electrons. The van der Waals surface area contributed by atoms with Gasteiger partial charge in [-0.25, -0.2) is 0 Å². The molecule has 1 aliphatic heterocycles. The fourth-order valence-corrected chi connectivity index (χ4v) is 4.34. The monoisotopic (exact) mass is 377 g/mol. The van der Waals surface area contributed by atoms with E-state index in [1.54, 1.807) is 6.07 Å². The lowest BCUT2D eigenvalue weighted by Gasteiger charge is -2.36. The first-order valence-electron chi connectivity index (χ1n) is 9.52. The maximum Gasteiger partial charge on any atom is 0.252 e. The molecule has 2 aliphatic rings. The molecule has 142 valence electrons. The third kappa shape index (κ3) is 4.84. The van der Waals surface area contributed by atoms with Crippen molar-refractivity contribution in [3.8, 4) is 0 Å². The Morgan fingerprint density at radius 3 is 2.42 bits per heavy atom. The first-order valence-corrected chi connectivity index (χ1v) is 10.5. The summed E-state index contributed by atoms with van der Waals surface area (Å²) in [7, 11) is 0. The zero-order valence-corrected chi connectivity index (χ0v) is 15.9. The minimum Gasteiger partial charge on any atom is -0.352 e. The molecule has 0 aromatic carbocycles. The first kappa shape index (κ1) is 18.9. The lowest BCUT2D eigenvalue weighted by molar-refractivity contribution is -0.142. The zero-order chi connectivity index (χ0) is 18.4. The second-order valence-electron chi connectivity index (χ2n) is 7.06. The van der Waals surface area contributed by atoms with Crippen LogP contribution in [0.4, 0.5) is 0 Å². The molecule has 3 rings (SSSR count). The zero-order valence-electron chi connectivity index (χ0n) is 15.1. The van der Waals surface area contributed by atoms with E-state index < -0.39 is 0 Å². The third-order valence-corrected chi connectivity index (χ3v) is 5.97. The summed E-state index contributed by atoms with van der Waals surface area (Å²) in [6.07, 6.45) is 5.44. The number of amides is 3. The molecule has 1 aliphatic carbocycles. The van der Waals surface area contributed by atoms with Crippen molar-refractivity contribution in [1.82, 2.24) is 15.1 Å².